The molecule has 2 N–H and O–H groups in total. The quantitative estimate of drug-likeness (QED) is 0.806. The summed E-state index contributed by atoms with van der Waals surface area (Å²) in [5.74, 6) is 1.54. The minimum Gasteiger partial charge on any atom is -0.493 e. The Morgan fingerprint density at radius 3 is 2.69 bits per heavy atom. The van der Waals surface area contributed by atoms with E-state index in [0.717, 1.165) is 29.9 Å². The van der Waals surface area contributed by atoms with E-state index in [4.69, 9.17) is 15.2 Å². The highest BCUT2D eigenvalue weighted by Gasteiger charge is 2.12. The van der Waals surface area contributed by atoms with Gasteiger partial charge in [-0.2, -0.15) is 0 Å². The molecule has 0 aliphatic heterocycles. The largest absolute Gasteiger partial charge is 0.493 e. The number of rotatable bonds is 6. The number of nitrogens with two attached hydrogens (primary N) is 1. The molecule has 0 saturated carbocycles. The zero-order valence-electron chi connectivity index (χ0n) is 10.3. The van der Waals surface area contributed by atoms with E-state index in [0.29, 0.717) is 6.54 Å². The third-order valence-corrected chi connectivity index (χ3v) is 2.51. The number of ether oxygens (including phenoxy) is 2. The molecule has 0 radical (unpaired) electrons. The van der Waals surface area contributed by atoms with Crippen molar-refractivity contribution in [3.05, 3.63) is 23.8 Å². The molecule has 1 atom stereocenters. The number of hydrogen-bond donors (Lipinski definition) is 1. The molecule has 0 spiro atoms. The summed E-state index contributed by atoms with van der Waals surface area (Å²) in [6.07, 6.45) is 2.32. The van der Waals surface area contributed by atoms with Crippen LogP contribution < -0.4 is 15.2 Å². The SMILES string of the molecule is CCCC(C)Oc1c(CN)cccc1OC. The van der Waals surface area contributed by atoms with E-state index < -0.39 is 0 Å². The van der Waals surface area contributed by atoms with E-state index in [-0.39, 0.29) is 6.10 Å². The van der Waals surface area contributed by atoms with Gasteiger partial charge in [0.25, 0.3) is 0 Å². The van der Waals surface area contributed by atoms with Crippen LogP contribution in [0.5, 0.6) is 11.5 Å². The Morgan fingerprint density at radius 1 is 1.38 bits per heavy atom. The van der Waals surface area contributed by atoms with Crippen LogP contribution in [0.4, 0.5) is 0 Å². The number of para-hydroxylation sites is 1. The minimum absolute atomic E-state index is 0.187. The minimum atomic E-state index is 0.187. The number of methoxy groups -OCH3 is 1. The first-order valence-electron chi connectivity index (χ1n) is 5.75. The van der Waals surface area contributed by atoms with Crippen molar-refractivity contribution < 1.29 is 9.47 Å². The maximum atomic E-state index is 5.89. The Balaban J connectivity index is 2.90. The molecule has 1 aromatic rings. The lowest BCUT2D eigenvalue weighted by molar-refractivity contribution is 0.199. The highest BCUT2D eigenvalue weighted by molar-refractivity contribution is 5.46. The van der Waals surface area contributed by atoms with Crippen molar-refractivity contribution in [1.82, 2.24) is 0 Å². The maximum Gasteiger partial charge on any atom is 0.166 e. The predicted octanol–water partition coefficient (Wildman–Crippen LogP) is 2.72. The smallest absolute Gasteiger partial charge is 0.166 e. The molecule has 90 valence electrons. The molecular weight excluding hydrogens is 202 g/mol. The van der Waals surface area contributed by atoms with Gasteiger partial charge >= 0.3 is 0 Å². The van der Waals surface area contributed by atoms with Crippen LogP contribution in [0.2, 0.25) is 0 Å². The van der Waals surface area contributed by atoms with Gasteiger partial charge in [0.15, 0.2) is 11.5 Å². The second kappa shape index (κ2) is 6.38. The van der Waals surface area contributed by atoms with Gasteiger partial charge in [-0.25, -0.2) is 0 Å². The molecule has 3 nitrogen and oxygen atoms in total. The zero-order chi connectivity index (χ0) is 12.0. The summed E-state index contributed by atoms with van der Waals surface area (Å²) in [6.45, 7) is 4.67. The van der Waals surface area contributed by atoms with Crippen LogP contribution >= 0.6 is 0 Å². The first kappa shape index (κ1) is 12.8. The third-order valence-electron chi connectivity index (χ3n) is 2.51. The molecule has 1 rings (SSSR count). The molecule has 1 aromatic carbocycles. The fraction of sp³-hybridized carbons (Fsp3) is 0.538. The number of benzene rings is 1. The highest BCUT2D eigenvalue weighted by atomic mass is 16.5. The van der Waals surface area contributed by atoms with Gasteiger partial charge in [-0.1, -0.05) is 25.5 Å². The first-order valence-corrected chi connectivity index (χ1v) is 5.75. The van der Waals surface area contributed by atoms with Gasteiger partial charge in [-0.15, -0.1) is 0 Å². The molecule has 1 unspecified atom stereocenters. The van der Waals surface area contributed by atoms with E-state index >= 15 is 0 Å². The molecule has 0 saturated heterocycles. The second-order valence-corrected chi connectivity index (χ2v) is 3.87. The maximum absolute atomic E-state index is 5.89. The van der Waals surface area contributed by atoms with Crippen LogP contribution in [0, 0.1) is 0 Å². The zero-order valence-corrected chi connectivity index (χ0v) is 10.3. The molecule has 3 heteroatoms. The van der Waals surface area contributed by atoms with Crippen LogP contribution in [0.15, 0.2) is 18.2 Å². The van der Waals surface area contributed by atoms with E-state index in [2.05, 4.69) is 13.8 Å². The van der Waals surface area contributed by atoms with Gasteiger partial charge in [0.2, 0.25) is 0 Å². The average Bonchev–Trinajstić information content (AvgIpc) is 2.29. The molecule has 0 bridgehead atoms. The van der Waals surface area contributed by atoms with Crippen molar-refractivity contribution in [1.29, 1.82) is 0 Å². The summed E-state index contributed by atoms with van der Waals surface area (Å²) in [5, 5.41) is 0. The molecule has 0 aromatic heterocycles. The Labute approximate surface area is 97.6 Å². The Kier molecular flexibility index (Phi) is 5.12. The second-order valence-electron chi connectivity index (χ2n) is 3.87. The van der Waals surface area contributed by atoms with Gasteiger partial charge in [0, 0.05) is 12.1 Å². The molecule has 16 heavy (non-hydrogen) atoms. The summed E-state index contributed by atoms with van der Waals surface area (Å²) < 4.78 is 11.2. The van der Waals surface area contributed by atoms with Crippen LogP contribution in [0.3, 0.4) is 0 Å². The molecular formula is C13H21NO2. The summed E-state index contributed by atoms with van der Waals surface area (Å²) in [7, 11) is 1.65. The van der Waals surface area contributed by atoms with Crippen LogP contribution in [-0.4, -0.2) is 13.2 Å². The first-order chi connectivity index (χ1) is 7.72. The van der Waals surface area contributed by atoms with Crippen molar-refractivity contribution in [3.63, 3.8) is 0 Å². The number of hydrogen-bond acceptors (Lipinski definition) is 3. The molecule has 0 aliphatic rings. The van der Waals surface area contributed by atoms with Gasteiger partial charge < -0.3 is 15.2 Å². The standard InChI is InChI=1S/C13H21NO2/c1-4-6-10(2)16-13-11(9-14)7-5-8-12(13)15-3/h5,7-8,10H,4,6,9,14H2,1-3H3. The van der Waals surface area contributed by atoms with E-state index in [9.17, 15) is 0 Å². The van der Waals surface area contributed by atoms with Crippen molar-refractivity contribution in [2.45, 2.75) is 39.3 Å². The fourth-order valence-corrected chi connectivity index (χ4v) is 1.68. The molecule has 0 fully saturated rings. The predicted molar refractivity (Wildman–Crippen MR) is 65.9 cm³/mol. The third kappa shape index (κ3) is 3.14. The van der Waals surface area contributed by atoms with Crippen molar-refractivity contribution in [2.75, 3.05) is 7.11 Å². The Bertz CT molecular complexity index is 303. The van der Waals surface area contributed by atoms with E-state index in [1.165, 1.54) is 0 Å². The topological polar surface area (TPSA) is 44.5 Å². The lowest BCUT2D eigenvalue weighted by Gasteiger charge is -2.18. The lowest BCUT2D eigenvalue weighted by Crippen LogP contribution is -2.14. The van der Waals surface area contributed by atoms with Crippen molar-refractivity contribution in [2.24, 2.45) is 5.73 Å². The van der Waals surface area contributed by atoms with Gasteiger partial charge in [0.05, 0.1) is 13.2 Å². The van der Waals surface area contributed by atoms with Crippen LogP contribution in [-0.2, 0) is 6.54 Å². The molecule has 0 aliphatic carbocycles. The average molecular weight is 223 g/mol. The summed E-state index contributed by atoms with van der Waals surface area (Å²) >= 11 is 0. The van der Waals surface area contributed by atoms with E-state index in [1.54, 1.807) is 7.11 Å². The van der Waals surface area contributed by atoms with Crippen LogP contribution in [0.1, 0.15) is 32.3 Å². The van der Waals surface area contributed by atoms with Gasteiger partial charge in [-0.3, -0.25) is 0 Å². The highest BCUT2D eigenvalue weighted by Crippen LogP contribution is 2.32. The summed E-state index contributed by atoms with van der Waals surface area (Å²) in [6, 6.07) is 5.79. The van der Waals surface area contributed by atoms with Crippen molar-refractivity contribution in [3.8, 4) is 11.5 Å². The van der Waals surface area contributed by atoms with Gasteiger partial charge in [0.1, 0.15) is 0 Å². The Hall–Kier alpha value is -1.22. The van der Waals surface area contributed by atoms with Gasteiger partial charge in [-0.05, 0) is 19.4 Å². The molecule has 0 heterocycles. The fourth-order valence-electron chi connectivity index (χ4n) is 1.68. The normalized spacial score (nSPS) is 12.2. The molecule has 0 amide bonds. The monoisotopic (exact) mass is 223 g/mol. The van der Waals surface area contributed by atoms with Crippen LogP contribution in [0.25, 0.3) is 0 Å². The summed E-state index contributed by atoms with van der Waals surface area (Å²) in [4.78, 5) is 0. The lowest BCUT2D eigenvalue weighted by atomic mass is 10.1. The van der Waals surface area contributed by atoms with E-state index in [1.807, 2.05) is 18.2 Å². The Morgan fingerprint density at radius 2 is 2.12 bits per heavy atom. The summed E-state index contributed by atoms with van der Waals surface area (Å²) in [5.41, 5.74) is 6.68. The van der Waals surface area contributed by atoms with Crippen molar-refractivity contribution >= 4 is 0 Å².